The van der Waals surface area contributed by atoms with Crippen LogP contribution in [0.3, 0.4) is 0 Å². The van der Waals surface area contributed by atoms with Crippen molar-refractivity contribution in [1.29, 1.82) is 0 Å². The Bertz CT molecular complexity index is 714. The monoisotopic (exact) mass is 356 g/mol. The molecule has 0 bridgehead atoms. The van der Waals surface area contributed by atoms with Gasteiger partial charge in [-0.3, -0.25) is 4.79 Å². The summed E-state index contributed by atoms with van der Waals surface area (Å²) in [6, 6.07) is 12.5. The number of Topliss-reactive ketones (excluding diaryl/α,β-unsaturated/α-hetero) is 1. The van der Waals surface area contributed by atoms with Crippen LogP contribution >= 0.6 is 0 Å². The van der Waals surface area contributed by atoms with E-state index in [4.69, 9.17) is 5.73 Å². The molecule has 1 aromatic heterocycles. The summed E-state index contributed by atoms with van der Waals surface area (Å²) in [5.74, 6) is 0.195. The Kier molecular flexibility index (Phi) is 7.18. The predicted molar refractivity (Wildman–Crippen MR) is 106 cm³/mol. The number of hydrogen-bond donors (Lipinski definition) is 2. The minimum absolute atomic E-state index is 0.0375. The molecule has 0 amide bonds. The maximum absolute atomic E-state index is 12.5. The number of nitrogens with two attached hydrogens (primary N) is 1. The zero-order chi connectivity index (χ0) is 19.2. The summed E-state index contributed by atoms with van der Waals surface area (Å²) in [6.45, 7) is 3.90. The fourth-order valence-corrected chi connectivity index (χ4v) is 3.07. The molecule has 0 aliphatic heterocycles. The van der Waals surface area contributed by atoms with E-state index in [1.807, 2.05) is 30.7 Å². The fraction of sp³-hybridized carbons (Fsp3) is 0.500. The molecule has 4 heteroatoms. The van der Waals surface area contributed by atoms with E-state index >= 15 is 0 Å². The van der Waals surface area contributed by atoms with Crippen LogP contribution in [0.25, 0.3) is 0 Å². The molecule has 0 spiro atoms. The number of aryl methyl sites for hydroxylation is 3. The third-order valence-electron chi connectivity index (χ3n) is 5.06. The van der Waals surface area contributed by atoms with Gasteiger partial charge in [0.15, 0.2) is 5.78 Å². The second-order valence-corrected chi connectivity index (χ2v) is 7.70. The molecule has 1 heterocycles. The molecule has 1 aromatic carbocycles. The first-order valence-electron chi connectivity index (χ1n) is 9.45. The lowest BCUT2D eigenvalue weighted by Crippen LogP contribution is -2.40. The first kappa shape index (κ1) is 20.4. The number of nitrogens with zero attached hydrogens (tertiary/aromatic N) is 1. The van der Waals surface area contributed by atoms with Gasteiger partial charge in [0, 0.05) is 24.7 Å². The molecule has 0 aliphatic carbocycles. The molecule has 0 saturated heterocycles. The van der Waals surface area contributed by atoms with Crippen molar-refractivity contribution in [3.05, 3.63) is 58.9 Å². The van der Waals surface area contributed by atoms with E-state index < -0.39 is 5.54 Å². The van der Waals surface area contributed by atoms with Crippen molar-refractivity contribution in [2.45, 2.75) is 57.9 Å². The molecule has 142 valence electrons. The van der Waals surface area contributed by atoms with Crippen molar-refractivity contribution in [2.75, 3.05) is 6.61 Å². The van der Waals surface area contributed by atoms with E-state index in [0.717, 1.165) is 37.1 Å². The predicted octanol–water partition coefficient (Wildman–Crippen LogP) is 3.57. The molecule has 0 radical (unpaired) electrons. The molecule has 2 rings (SSSR count). The maximum Gasteiger partial charge on any atom is 0.179 e. The van der Waals surface area contributed by atoms with Crippen molar-refractivity contribution in [3.63, 3.8) is 0 Å². The highest BCUT2D eigenvalue weighted by atomic mass is 16.3. The second kappa shape index (κ2) is 9.15. The van der Waals surface area contributed by atoms with Crippen molar-refractivity contribution < 1.29 is 9.90 Å². The molecule has 26 heavy (non-hydrogen) atoms. The number of aliphatic hydroxyl groups is 1. The number of rotatable bonds is 10. The zero-order valence-electron chi connectivity index (χ0n) is 16.3. The number of hydrogen-bond acceptors (Lipinski definition) is 3. The lowest BCUT2D eigenvalue weighted by Gasteiger charge is -2.21. The molecular weight excluding hydrogens is 324 g/mol. The SMILES string of the molecule is Cc1ccc(CCCCC(=O)c2ccc(CC[C@@](C)(N)CO)n2C)cc1. The highest BCUT2D eigenvalue weighted by Crippen LogP contribution is 2.16. The van der Waals surface area contributed by atoms with Crippen molar-refractivity contribution in [2.24, 2.45) is 12.8 Å². The number of benzene rings is 1. The molecule has 3 N–H and O–H groups in total. The van der Waals surface area contributed by atoms with Crippen LogP contribution in [0.4, 0.5) is 0 Å². The van der Waals surface area contributed by atoms with Gasteiger partial charge in [-0.05, 0) is 63.6 Å². The number of unbranched alkanes of at least 4 members (excludes halogenated alkanes) is 1. The molecule has 1 atom stereocenters. The Morgan fingerprint density at radius 1 is 1.12 bits per heavy atom. The summed E-state index contributed by atoms with van der Waals surface area (Å²) in [7, 11) is 1.93. The Morgan fingerprint density at radius 2 is 1.81 bits per heavy atom. The first-order valence-corrected chi connectivity index (χ1v) is 9.45. The van der Waals surface area contributed by atoms with Crippen LogP contribution < -0.4 is 5.73 Å². The molecule has 0 saturated carbocycles. The van der Waals surface area contributed by atoms with Gasteiger partial charge in [-0.25, -0.2) is 0 Å². The normalized spacial score (nSPS) is 13.6. The molecule has 0 aliphatic rings. The summed E-state index contributed by atoms with van der Waals surface area (Å²) in [5, 5.41) is 9.27. The molecule has 0 fully saturated rings. The number of ketones is 1. The smallest absolute Gasteiger partial charge is 0.179 e. The standard InChI is InChI=1S/C22H32N2O2/c1-17-8-10-18(11-9-17)6-4-5-7-21(26)20-13-12-19(24(20)3)14-15-22(2,23)16-25/h8-13,25H,4-7,14-16,23H2,1-3H3/t22-/m1/s1. The minimum atomic E-state index is -0.579. The van der Waals surface area contributed by atoms with E-state index in [1.54, 1.807) is 0 Å². The fourth-order valence-electron chi connectivity index (χ4n) is 3.07. The van der Waals surface area contributed by atoms with Crippen LogP contribution in [-0.2, 0) is 19.9 Å². The molecular formula is C22H32N2O2. The zero-order valence-corrected chi connectivity index (χ0v) is 16.3. The van der Waals surface area contributed by atoms with Gasteiger partial charge in [-0.2, -0.15) is 0 Å². The average Bonchev–Trinajstić information content (AvgIpc) is 2.99. The highest BCUT2D eigenvalue weighted by molar-refractivity contribution is 5.94. The van der Waals surface area contributed by atoms with Gasteiger partial charge in [0.1, 0.15) is 0 Å². The summed E-state index contributed by atoms with van der Waals surface area (Å²) in [4.78, 5) is 12.5. The van der Waals surface area contributed by atoms with Crippen LogP contribution in [0.5, 0.6) is 0 Å². The quantitative estimate of drug-likeness (QED) is 0.505. The maximum atomic E-state index is 12.5. The van der Waals surface area contributed by atoms with Crippen LogP contribution in [0.15, 0.2) is 36.4 Å². The van der Waals surface area contributed by atoms with Crippen LogP contribution in [0, 0.1) is 6.92 Å². The Labute approximate surface area is 157 Å². The largest absolute Gasteiger partial charge is 0.394 e. The number of carbonyl (C=O) groups is 1. The third-order valence-corrected chi connectivity index (χ3v) is 5.06. The highest BCUT2D eigenvalue weighted by Gasteiger charge is 2.19. The van der Waals surface area contributed by atoms with Gasteiger partial charge in [0.2, 0.25) is 0 Å². The lowest BCUT2D eigenvalue weighted by molar-refractivity contribution is 0.0971. The number of aromatic nitrogens is 1. The summed E-state index contributed by atoms with van der Waals surface area (Å²) in [5.41, 5.74) is 9.86. The van der Waals surface area contributed by atoms with Gasteiger partial charge in [0.05, 0.1) is 12.3 Å². The van der Waals surface area contributed by atoms with E-state index in [-0.39, 0.29) is 12.4 Å². The van der Waals surface area contributed by atoms with Crippen LogP contribution in [0.2, 0.25) is 0 Å². The van der Waals surface area contributed by atoms with Crippen molar-refractivity contribution >= 4 is 5.78 Å². The van der Waals surface area contributed by atoms with Crippen LogP contribution in [-0.4, -0.2) is 27.6 Å². The summed E-state index contributed by atoms with van der Waals surface area (Å²) in [6.07, 6.45) is 4.96. The third kappa shape index (κ3) is 5.82. The first-order chi connectivity index (χ1) is 12.3. The van der Waals surface area contributed by atoms with Crippen molar-refractivity contribution in [1.82, 2.24) is 4.57 Å². The second-order valence-electron chi connectivity index (χ2n) is 7.70. The average molecular weight is 357 g/mol. The summed E-state index contributed by atoms with van der Waals surface area (Å²) < 4.78 is 1.97. The van der Waals surface area contributed by atoms with Gasteiger partial charge in [0.25, 0.3) is 0 Å². The lowest BCUT2D eigenvalue weighted by atomic mass is 9.97. The van der Waals surface area contributed by atoms with E-state index in [9.17, 15) is 9.90 Å². The topological polar surface area (TPSA) is 68.2 Å². The van der Waals surface area contributed by atoms with E-state index in [1.165, 1.54) is 11.1 Å². The molecule has 0 unspecified atom stereocenters. The van der Waals surface area contributed by atoms with Gasteiger partial charge in [-0.15, -0.1) is 0 Å². The molecule has 2 aromatic rings. The Balaban J connectivity index is 1.81. The Morgan fingerprint density at radius 3 is 2.46 bits per heavy atom. The van der Waals surface area contributed by atoms with E-state index in [2.05, 4.69) is 31.2 Å². The summed E-state index contributed by atoms with van der Waals surface area (Å²) >= 11 is 0. The van der Waals surface area contributed by atoms with Crippen LogP contribution in [0.1, 0.15) is 59.9 Å². The van der Waals surface area contributed by atoms with Gasteiger partial charge >= 0.3 is 0 Å². The number of aliphatic hydroxyl groups excluding tert-OH is 1. The molecule has 4 nitrogen and oxygen atoms in total. The van der Waals surface area contributed by atoms with Crippen molar-refractivity contribution in [3.8, 4) is 0 Å². The van der Waals surface area contributed by atoms with Gasteiger partial charge in [-0.1, -0.05) is 29.8 Å². The van der Waals surface area contributed by atoms with E-state index in [0.29, 0.717) is 12.8 Å². The van der Waals surface area contributed by atoms with Gasteiger partial charge < -0.3 is 15.4 Å². The number of carbonyl (C=O) groups excluding carboxylic acids is 1. The Hall–Kier alpha value is -1.91. The minimum Gasteiger partial charge on any atom is -0.394 e.